The molecular formula is C22H24O5. The maximum absolute atomic E-state index is 11.0. The first-order valence-corrected chi connectivity index (χ1v) is 8.64. The average molecular weight is 368 g/mol. The van der Waals surface area contributed by atoms with Crippen molar-refractivity contribution in [2.24, 2.45) is 0 Å². The monoisotopic (exact) mass is 368 g/mol. The quantitative estimate of drug-likeness (QED) is 0.304. The zero-order chi connectivity index (χ0) is 19.9. The summed E-state index contributed by atoms with van der Waals surface area (Å²) in [5.41, 5.74) is 1.99. The van der Waals surface area contributed by atoms with E-state index in [4.69, 9.17) is 14.2 Å². The second-order valence-electron chi connectivity index (χ2n) is 6.49. The third-order valence-electron chi connectivity index (χ3n) is 4.18. The highest BCUT2D eigenvalue weighted by atomic mass is 16.6. The smallest absolute Gasteiger partial charge is 0.330 e. The Morgan fingerprint density at radius 2 is 1.44 bits per heavy atom. The minimum atomic E-state index is -0.463. The molecule has 0 heterocycles. The highest BCUT2D eigenvalue weighted by Crippen LogP contribution is 2.33. The van der Waals surface area contributed by atoms with Crippen LogP contribution in [0.1, 0.15) is 31.9 Å². The van der Waals surface area contributed by atoms with Crippen molar-refractivity contribution in [1.82, 2.24) is 0 Å². The van der Waals surface area contributed by atoms with Crippen LogP contribution in [0, 0.1) is 0 Å². The van der Waals surface area contributed by atoms with Crippen molar-refractivity contribution >= 4 is 11.9 Å². The van der Waals surface area contributed by atoms with Gasteiger partial charge >= 0.3 is 11.9 Å². The summed E-state index contributed by atoms with van der Waals surface area (Å²) in [6, 6.07) is 15.3. The lowest BCUT2D eigenvalue weighted by atomic mass is 9.78. The normalized spacial score (nSPS) is 10.8. The van der Waals surface area contributed by atoms with E-state index in [2.05, 4.69) is 20.4 Å². The van der Waals surface area contributed by atoms with Crippen LogP contribution in [0.5, 0.6) is 11.5 Å². The van der Waals surface area contributed by atoms with Gasteiger partial charge in [0.1, 0.15) is 24.7 Å². The first-order chi connectivity index (χ1) is 12.8. The molecule has 0 saturated carbocycles. The molecule has 0 aromatic heterocycles. The Balaban J connectivity index is 2.00. The number of esters is 2. The van der Waals surface area contributed by atoms with Gasteiger partial charge in [-0.25, -0.2) is 4.79 Å². The predicted molar refractivity (Wildman–Crippen MR) is 103 cm³/mol. The number of carbonyl (C=O) groups excluding carboxylic acids is 2. The van der Waals surface area contributed by atoms with E-state index in [1.165, 1.54) is 6.92 Å². The van der Waals surface area contributed by atoms with Gasteiger partial charge in [-0.3, -0.25) is 4.79 Å². The van der Waals surface area contributed by atoms with Gasteiger partial charge in [-0.05, 0) is 35.4 Å². The van der Waals surface area contributed by atoms with Crippen LogP contribution in [0.4, 0.5) is 0 Å². The first kappa shape index (κ1) is 20.2. The standard InChI is InChI=1S/C22H24O5/c1-5-21(24)26-15-14-25-19-10-6-17(7-11-19)22(3,4)18-8-12-20(13-9-18)27-16(2)23/h5-13H,1,14-15H2,2-4H3. The Bertz CT molecular complexity index is 788. The van der Waals surface area contributed by atoms with Crippen molar-refractivity contribution in [2.45, 2.75) is 26.2 Å². The largest absolute Gasteiger partial charge is 0.490 e. The molecule has 5 heteroatoms. The van der Waals surface area contributed by atoms with Crippen molar-refractivity contribution in [3.8, 4) is 11.5 Å². The van der Waals surface area contributed by atoms with Gasteiger partial charge in [0.05, 0.1) is 0 Å². The maximum Gasteiger partial charge on any atom is 0.330 e. The van der Waals surface area contributed by atoms with E-state index in [-0.39, 0.29) is 24.6 Å². The Hall–Kier alpha value is -3.08. The molecule has 142 valence electrons. The third kappa shape index (κ3) is 5.71. The van der Waals surface area contributed by atoms with E-state index in [1.807, 2.05) is 36.4 Å². The highest BCUT2D eigenvalue weighted by molar-refractivity contribution is 5.81. The molecule has 0 aliphatic carbocycles. The van der Waals surface area contributed by atoms with Crippen LogP contribution in [0.15, 0.2) is 61.2 Å². The van der Waals surface area contributed by atoms with E-state index < -0.39 is 5.97 Å². The summed E-state index contributed by atoms with van der Waals surface area (Å²) in [4.78, 5) is 22.0. The van der Waals surface area contributed by atoms with Gasteiger partial charge in [0, 0.05) is 18.4 Å². The van der Waals surface area contributed by atoms with E-state index in [1.54, 1.807) is 12.1 Å². The molecule has 0 aliphatic heterocycles. The lowest BCUT2D eigenvalue weighted by molar-refractivity contribution is -0.138. The number of benzene rings is 2. The zero-order valence-corrected chi connectivity index (χ0v) is 15.9. The van der Waals surface area contributed by atoms with E-state index in [9.17, 15) is 9.59 Å². The Morgan fingerprint density at radius 1 is 0.926 bits per heavy atom. The minimum Gasteiger partial charge on any atom is -0.490 e. The second kappa shape index (κ2) is 9.03. The maximum atomic E-state index is 11.0. The molecule has 0 bridgehead atoms. The summed E-state index contributed by atoms with van der Waals surface area (Å²) in [6.45, 7) is 9.41. The summed E-state index contributed by atoms with van der Waals surface area (Å²) in [6.07, 6.45) is 1.12. The van der Waals surface area contributed by atoms with Crippen LogP contribution in [0.2, 0.25) is 0 Å². The van der Waals surface area contributed by atoms with Crippen molar-refractivity contribution in [3.63, 3.8) is 0 Å². The molecule has 2 aromatic rings. The summed E-state index contributed by atoms with van der Waals surface area (Å²) in [5, 5.41) is 0. The summed E-state index contributed by atoms with van der Waals surface area (Å²) in [5.74, 6) is 0.435. The van der Waals surface area contributed by atoms with Crippen LogP contribution < -0.4 is 9.47 Å². The van der Waals surface area contributed by atoms with Crippen LogP contribution in [0.3, 0.4) is 0 Å². The van der Waals surface area contributed by atoms with Gasteiger partial charge in [0.15, 0.2) is 0 Å². The molecule has 0 spiro atoms. The number of hydrogen-bond donors (Lipinski definition) is 0. The van der Waals surface area contributed by atoms with Gasteiger partial charge in [0.25, 0.3) is 0 Å². The van der Waals surface area contributed by atoms with Crippen LogP contribution >= 0.6 is 0 Å². The number of hydrogen-bond acceptors (Lipinski definition) is 5. The van der Waals surface area contributed by atoms with Crippen molar-refractivity contribution in [2.75, 3.05) is 13.2 Å². The van der Waals surface area contributed by atoms with Gasteiger partial charge in [-0.15, -0.1) is 0 Å². The lowest BCUT2D eigenvalue weighted by Gasteiger charge is -2.26. The summed E-state index contributed by atoms with van der Waals surface area (Å²) in [7, 11) is 0. The fourth-order valence-electron chi connectivity index (χ4n) is 2.60. The van der Waals surface area contributed by atoms with Gasteiger partial charge < -0.3 is 14.2 Å². The lowest BCUT2D eigenvalue weighted by Crippen LogP contribution is -2.18. The Kier molecular flexibility index (Phi) is 6.77. The summed E-state index contributed by atoms with van der Waals surface area (Å²) >= 11 is 0. The topological polar surface area (TPSA) is 61.8 Å². The number of ether oxygens (including phenoxy) is 3. The molecule has 0 radical (unpaired) electrons. The Morgan fingerprint density at radius 3 is 1.93 bits per heavy atom. The second-order valence-corrected chi connectivity index (χ2v) is 6.49. The fraction of sp³-hybridized carbons (Fsp3) is 0.273. The molecule has 0 aliphatic rings. The van der Waals surface area contributed by atoms with E-state index in [0.717, 1.165) is 17.2 Å². The molecular weight excluding hydrogens is 344 g/mol. The van der Waals surface area contributed by atoms with Gasteiger partial charge in [0.2, 0.25) is 0 Å². The molecule has 27 heavy (non-hydrogen) atoms. The molecule has 0 saturated heterocycles. The first-order valence-electron chi connectivity index (χ1n) is 8.64. The summed E-state index contributed by atoms with van der Waals surface area (Å²) < 4.78 is 15.5. The number of rotatable bonds is 8. The molecule has 0 unspecified atom stereocenters. The zero-order valence-electron chi connectivity index (χ0n) is 15.9. The molecule has 2 rings (SSSR count). The SMILES string of the molecule is C=CC(=O)OCCOc1ccc(C(C)(C)c2ccc(OC(C)=O)cc2)cc1. The van der Waals surface area contributed by atoms with Crippen molar-refractivity contribution in [3.05, 3.63) is 72.3 Å². The highest BCUT2D eigenvalue weighted by Gasteiger charge is 2.23. The van der Waals surface area contributed by atoms with Crippen molar-refractivity contribution in [1.29, 1.82) is 0 Å². The van der Waals surface area contributed by atoms with Crippen LogP contribution in [-0.4, -0.2) is 25.2 Å². The molecule has 2 aromatic carbocycles. The Labute approximate surface area is 159 Å². The molecule has 0 atom stereocenters. The average Bonchev–Trinajstić information content (AvgIpc) is 2.65. The van der Waals surface area contributed by atoms with Crippen molar-refractivity contribution < 1.29 is 23.8 Å². The van der Waals surface area contributed by atoms with Crippen LogP contribution in [-0.2, 0) is 19.7 Å². The van der Waals surface area contributed by atoms with E-state index in [0.29, 0.717) is 11.5 Å². The van der Waals surface area contributed by atoms with Gasteiger partial charge in [-0.2, -0.15) is 0 Å². The molecule has 0 N–H and O–H groups in total. The fourth-order valence-corrected chi connectivity index (χ4v) is 2.60. The van der Waals surface area contributed by atoms with Crippen LogP contribution in [0.25, 0.3) is 0 Å². The number of carbonyl (C=O) groups is 2. The minimum absolute atomic E-state index is 0.173. The van der Waals surface area contributed by atoms with E-state index >= 15 is 0 Å². The van der Waals surface area contributed by atoms with Gasteiger partial charge in [-0.1, -0.05) is 44.7 Å². The molecule has 5 nitrogen and oxygen atoms in total. The third-order valence-corrected chi connectivity index (χ3v) is 4.18. The predicted octanol–water partition coefficient (Wildman–Crippen LogP) is 4.05. The molecule has 0 amide bonds. The molecule has 0 fully saturated rings.